The van der Waals surface area contributed by atoms with Gasteiger partial charge in [0.2, 0.25) is 5.91 Å². The number of hydrogen-bond acceptors (Lipinski definition) is 4. The van der Waals surface area contributed by atoms with Crippen molar-refractivity contribution in [1.29, 1.82) is 0 Å². The van der Waals surface area contributed by atoms with Gasteiger partial charge in [0.05, 0.1) is 5.69 Å². The number of aromatic nitrogens is 3. The molecule has 1 saturated heterocycles. The van der Waals surface area contributed by atoms with E-state index in [9.17, 15) is 4.79 Å². The predicted octanol–water partition coefficient (Wildman–Crippen LogP) is 5.22. The molecular formula is C24H25ClN4O. The Morgan fingerprint density at radius 2 is 1.70 bits per heavy atom. The van der Waals surface area contributed by atoms with Crippen LogP contribution in [0, 0.1) is 5.92 Å². The lowest BCUT2D eigenvalue weighted by atomic mass is 9.88. The molecule has 1 aliphatic rings. The molecule has 4 rings (SSSR count). The van der Waals surface area contributed by atoms with Crippen LogP contribution in [0.3, 0.4) is 0 Å². The van der Waals surface area contributed by atoms with Crippen LogP contribution in [0.25, 0.3) is 22.5 Å². The van der Waals surface area contributed by atoms with E-state index < -0.39 is 0 Å². The van der Waals surface area contributed by atoms with E-state index in [1.807, 2.05) is 61.3 Å². The van der Waals surface area contributed by atoms with Crippen molar-refractivity contribution in [2.75, 3.05) is 13.1 Å². The first kappa shape index (κ1) is 20.5. The average molecular weight is 421 g/mol. The topological polar surface area (TPSA) is 59.0 Å². The standard InChI is InChI=1S/C24H25ClN4O/c1-16(2)24(30)29-13-9-18(10-14-29)22-21(17-7-11-26-12-8-17)15-27-23(28-22)19-3-5-20(25)6-4-19/h3-8,11-12,15-16,18H,9-10,13-14H2,1-2H3. The number of hydrogen-bond donors (Lipinski definition) is 0. The summed E-state index contributed by atoms with van der Waals surface area (Å²) in [4.78, 5) is 28.1. The van der Waals surface area contributed by atoms with E-state index in [1.165, 1.54) is 0 Å². The summed E-state index contributed by atoms with van der Waals surface area (Å²) in [7, 11) is 0. The fourth-order valence-corrected chi connectivity index (χ4v) is 4.06. The van der Waals surface area contributed by atoms with Crippen molar-refractivity contribution in [1.82, 2.24) is 19.9 Å². The van der Waals surface area contributed by atoms with Gasteiger partial charge in [-0.3, -0.25) is 9.78 Å². The normalized spacial score (nSPS) is 14.9. The fourth-order valence-electron chi connectivity index (χ4n) is 3.94. The van der Waals surface area contributed by atoms with Crippen molar-refractivity contribution in [3.05, 3.63) is 65.7 Å². The number of nitrogens with zero attached hydrogens (tertiary/aromatic N) is 4. The molecule has 3 heterocycles. The van der Waals surface area contributed by atoms with Gasteiger partial charge in [0, 0.05) is 59.7 Å². The van der Waals surface area contributed by atoms with E-state index in [-0.39, 0.29) is 17.7 Å². The molecule has 0 aliphatic carbocycles. The molecule has 0 saturated carbocycles. The van der Waals surface area contributed by atoms with Crippen LogP contribution in [0.5, 0.6) is 0 Å². The molecule has 1 amide bonds. The van der Waals surface area contributed by atoms with E-state index in [4.69, 9.17) is 16.6 Å². The second-order valence-corrected chi connectivity index (χ2v) is 8.43. The van der Waals surface area contributed by atoms with Gasteiger partial charge >= 0.3 is 0 Å². The summed E-state index contributed by atoms with van der Waals surface area (Å²) in [6.07, 6.45) is 7.28. The zero-order chi connectivity index (χ0) is 21.1. The number of amides is 1. The predicted molar refractivity (Wildman–Crippen MR) is 119 cm³/mol. The molecule has 2 aromatic heterocycles. The van der Waals surface area contributed by atoms with Crippen LogP contribution in [0.15, 0.2) is 55.0 Å². The van der Waals surface area contributed by atoms with E-state index in [2.05, 4.69) is 9.97 Å². The molecular weight excluding hydrogens is 396 g/mol. The zero-order valence-electron chi connectivity index (χ0n) is 17.3. The van der Waals surface area contributed by atoms with Crippen LogP contribution in [-0.4, -0.2) is 38.8 Å². The van der Waals surface area contributed by atoms with Crippen molar-refractivity contribution in [2.45, 2.75) is 32.6 Å². The van der Waals surface area contributed by atoms with Gasteiger partial charge < -0.3 is 4.90 Å². The van der Waals surface area contributed by atoms with Crippen LogP contribution in [0.1, 0.15) is 38.3 Å². The molecule has 3 aromatic rings. The first-order valence-corrected chi connectivity index (χ1v) is 10.7. The second kappa shape index (κ2) is 8.92. The summed E-state index contributed by atoms with van der Waals surface area (Å²) < 4.78 is 0. The molecule has 30 heavy (non-hydrogen) atoms. The van der Waals surface area contributed by atoms with Crippen molar-refractivity contribution < 1.29 is 4.79 Å². The third-order valence-electron chi connectivity index (χ3n) is 5.60. The highest BCUT2D eigenvalue weighted by Gasteiger charge is 2.28. The molecule has 1 aliphatic heterocycles. The lowest BCUT2D eigenvalue weighted by Gasteiger charge is -2.33. The third kappa shape index (κ3) is 4.36. The van der Waals surface area contributed by atoms with E-state index >= 15 is 0 Å². The fraction of sp³-hybridized carbons (Fsp3) is 0.333. The maximum absolute atomic E-state index is 12.4. The molecule has 1 fully saturated rings. The molecule has 0 bridgehead atoms. The van der Waals surface area contributed by atoms with Gasteiger partial charge in [0.1, 0.15) is 0 Å². The first-order chi connectivity index (χ1) is 14.5. The van der Waals surface area contributed by atoms with Crippen LogP contribution < -0.4 is 0 Å². The lowest BCUT2D eigenvalue weighted by molar-refractivity contribution is -0.135. The van der Waals surface area contributed by atoms with E-state index in [1.54, 1.807) is 12.4 Å². The summed E-state index contributed by atoms with van der Waals surface area (Å²) in [5.41, 5.74) is 4.07. The number of likely N-dealkylation sites (tertiary alicyclic amines) is 1. The molecule has 5 nitrogen and oxygen atoms in total. The summed E-state index contributed by atoms with van der Waals surface area (Å²) in [6, 6.07) is 11.6. The van der Waals surface area contributed by atoms with Crippen LogP contribution in [0.2, 0.25) is 5.02 Å². The Balaban J connectivity index is 1.68. The number of carbonyl (C=O) groups is 1. The van der Waals surface area contributed by atoms with Gasteiger partial charge in [-0.15, -0.1) is 0 Å². The minimum Gasteiger partial charge on any atom is -0.342 e. The Hall–Kier alpha value is -2.79. The molecule has 1 aromatic carbocycles. The minimum absolute atomic E-state index is 0.0319. The number of benzene rings is 1. The Bertz CT molecular complexity index is 1010. The second-order valence-electron chi connectivity index (χ2n) is 7.99. The maximum atomic E-state index is 12.4. The van der Waals surface area contributed by atoms with Crippen molar-refractivity contribution in [2.24, 2.45) is 5.92 Å². The number of pyridine rings is 1. The van der Waals surface area contributed by atoms with Crippen LogP contribution in [-0.2, 0) is 4.79 Å². The van der Waals surface area contributed by atoms with Gasteiger partial charge in [-0.05, 0) is 54.8 Å². The maximum Gasteiger partial charge on any atom is 0.225 e. The quantitative estimate of drug-likeness (QED) is 0.580. The number of carbonyl (C=O) groups excluding carboxylic acids is 1. The van der Waals surface area contributed by atoms with Gasteiger partial charge in [-0.1, -0.05) is 25.4 Å². The number of piperidine rings is 1. The molecule has 6 heteroatoms. The molecule has 0 radical (unpaired) electrons. The summed E-state index contributed by atoms with van der Waals surface area (Å²) >= 11 is 6.04. The molecule has 0 atom stereocenters. The number of rotatable bonds is 4. The Labute approximate surface area is 182 Å². The SMILES string of the molecule is CC(C)C(=O)N1CCC(c2nc(-c3ccc(Cl)cc3)ncc2-c2ccncc2)CC1. The Morgan fingerprint density at radius 1 is 1.03 bits per heavy atom. The minimum atomic E-state index is 0.0319. The monoisotopic (exact) mass is 420 g/mol. The van der Waals surface area contributed by atoms with E-state index in [0.717, 1.165) is 48.3 Å². The van der Waals surface area contributed by atoms with Gasteiger partial charge in [-0.25, -0.2) is 9.97 Å². The Morgan fingerprint density at radius 3 is 2.33 bits per heavy atom. The molecule has 0 spiro atoms. The molecule has 0 N–H and O–H groups in total. The third-order valence-corrected chi connectivity index (χ3v) is 5.85. The highest BCUT2D eigenvalue weighted by molar-refractivity contribution is 6.30. The van der Waals surface area contributed by atoms with Crippen LogP contribution in [0.4, 0.5) is 0 Å². The first-order valence-electron chi connectivity index (χ1n) is 10.3. The van der Waals surface area contributed by atoms with Crippen molar-refractivity contribution >= 4 is 17.5 Å². The smallest absolute Gasteiger partial charge is 0.225 e. The van der Waals surface area contributed by atoms with E-state index in [0.29, 0.717) is 10.8 Å². The molecule has 154 valence electrons. The zero-order valence-corrected chi connectivity index (χ0v) is 18.0. The van der Waals surface area contributed by atoms with Gasteiger partial charge in [0.15, 0.2) is 5.82 Å². The summed E-state index contributed by atoms with van der Waals surface area (Å²) in [5.74, 6) is 1.23. The van der Waals surface area contributed by atoms with Gasteiger partial charge in [0.25, 0.3) is 0 Å². The summed E-state index contributed by atoms with van der Waals surface area (Å²) in [5, 5.41) is 0.689. The highest BCUT2D eigenvalue weighted by atomic mass is 35.5. The van der Waals surface area contributed by atoms with Crippen molar-refractivity contribution in [3.63, 3.8) is 0 Å². The Kier molecular flexibility index (Phi) is 6.09. The van der Waals surface area contributed by atoms with Crippen LogP contribution >= 0.6 is 11.6 Å². The average Bonchev–Trinajstić information content (AvgIpc) is 2.79. The number of halogens is 1. The van der Waals surface area contributed by atoms with Crippen molar-refractivity contribution in [3.8, 4) is 22.5 Å². The molecule has 0 unspecified atom stereocenters. The largest absolute Gasteiger partial charge is 0.342 e. The van der Waals surface area contributed by atoms with Gasteiger partial charge in [-0.2, -0.15) is 0 Å². The highest BCUT2D eigenvalue weighted by Crippen LogP contribution is 2.35. The summed E-state index contributed by atoms with van der Waals surface area (Å²) in [6.45, 7) is 5.44. The lowest BCUT2D eigenvalue weighted by Crippen LogP contribution is -2.40.